The minimum absolute atomic E-state index is 0. The summed E-state index contributed by atoms with van der Waals surface area (Å²) in [6.07, 6.45) is 9.36. The van der Waals surface area contributed by atoms with Crippen LogP contribution in [0.1, 0.15) is 68.9 Å². The zero-order valence-electron chi connectivity index (χ0n) is 15.7. The first kappa shape index (κ1) is 21.4. The number of nitrogens with one attached hydrogen (secondary N) is 1. The van der Waals surface area contributed by atoms with E-state index < -0.39 is 0 Å². The van der Waals surface area contributed by atoms with Crippen molar-refractivity contribution in [3.63, 3.8) is 0 Å². The fourth-order valence-electron chi connectivity index (χ4n) is 3.30. The lowest BCUT2D eigenvalue weighted by Crippen LogP contribution is -2.19. The normalized spacial score (nSPS) is 10.6. The second-order valence-corrected chi connectivity index (χ2v) is 6.68. The molecule has 0 aromatic heterocycles. The molecule has 0 unspecified atom stereocenters. The van der Waals surface area contributed by atoms with Gasteiger partial charge < -0.3 is 10.8 Å². The first-order valence-electron chi connectivity index (χ1n) is 9.72. The highest BCUT2D eigenvalue weighted by Gasteiger charge is 2.12. The third-order valence-electron chi connectivity index (χ3n) is 4.72. The zero-order chi connectivity index (χ0) is 16.9. The summed E-state index contributed by atoms with van der Waals surface area (Å²) in [5.41, 5.74) is 2.84. The quantitative estimate of drug-likeness (QED) is 0.521. The van der Waals surface area contributed by atoms with Crippen molar-refractivity contribution in [2.45, 2.75) is 57.8 Å². The number of rotatable bonds is 12. The van der Waals surface area contributed by atoms with Gasteiger partial charge in [-0.3, -0.25) is 0 Å². The maximum Gasteiger partial charge on any atom is 0.0101 e. The van der Waals surface area contributed by atoms with Crippen molar-refractivity contribution in [2.24, 2.45) is 0 Å². The van der Waals surface area contributed by atoms with Crippen LogP contribution in [0.2, 0.25) is 0 Å². The molecule has 0 bridgehead atoms. The Balaban J connectivity index is 0.00000312. The van der Waals surface area contributed by atoms with Gasteiger partial charge in [-0.25, -0.2) is 0 Å². The molecule has 2 aromatic rings. The Bertz CT molecular complexity index is 487. The van der Waals surface area contributed by atoms with Crippen molar-refractivity contribution < 1.29 is 5.48 Å². The largest absolute Gasteiger partial charge is 0.412 e. The van der Waals surface area contributed by atoms with E-state index in [2.05, 4.69) is 72.9 Å². The van der Waals surface area contributed by atoms with Crippen molar-refractivity contribution in [3.05, 3.63) is 71.8 Å². The van der Waals surface area contributed by atoms with E-state index in [0.29, 0.717) is 5.92 Å². The molecule has 2 aromatic carbocycles. The molecule has 2 rings (SSSR count). The van der Waals surface area contributed by atoms with Gasteiger partial charge in [0, 0.05) is 5.92 Å². The molecule has 0 amide bonds. The Kier molecular flexibility index (Phi) is 11.7. The van der Waals surface area contributed by atoms with Gasteiger partial charge in [-0.2, -0.15) is 0 Å². The van der Waals surface area contributed by atoms with Crippen molar-refractivity contribution in [2.75, 3.05) is 13.1 Å². The maximum absolute atomic E-state index is 3.65. The summed E-state index contributed by atoms with van der Waals surface area (Å²) in [5, 5.41) is 3.65. The average molecular weight is 342 g/mol. The fourth-order valence-corrected chi connectivity index (χ4v) is 3.30. The van der Waals surface area contributed by atoms with Gasteiger partial charge in [0.05, 0.1) is 0 Å². The summed E-state index contributed by atoms with van der Waals surface area (Å²) in [5.74, 6) is 0.490. The predicted molar refractivity (Wildman–Crippen MR) is 109 cm³/mol. The molecule has 2 nitrogen and oxygen atoms in total. The highest BCUT2D eigenvalue weighted by molar-refractivity contribution is 5.32. The van der Waals surface area contributed by atoms with Crippen molar-refractivity contribution in [3.8, 4) is 0 Å². The monoisotopic (exact) mass is 341 g/mol. The first-order chi connectivity index (χ1) is 11.9. The summed E-state index contributed by atoms with van der Waals surface area (Å²) in [4.78, 5) is 0. The fraction of sp³-hybridized carbons (Fsp3) is 0.478. The minimum Gasteiger partial charge on any atom is -0.412 e. The van der Waals surface area contributed by atoms with E-state index in [-0.39, 0.29) is 5.48 Å². The van der Waals surface area contributed by atoms with Crippen molar-refractivity contribution in [1.82, 2.24) is 5.32 Å². The molecule has 0 heterocycles. The molecule has 0 aliphatic carbocycles. The van der Waals surface area contributed by atoms with E-state index in [4.69, 9.17) is 0 Å². The van der Waals surface area contributed by atoms with E-state index in [0.717, 1.165) is 19.5 Å². The van der Waals surface area contributed by atoms with Crippen LogP contribution in [-0.4, -0.2) is 18.6 Å². The molecular formula is C23H35NO. The Labute approximate surface area is 154 Å². The molecule has 0 atom stereocenters. The van der Waals surface area contributed by atoms with Crippen LogP contribution in [-0.2, 0) is 0 Å². The van der Waals surface area contributed by atoms with Crippen LogP contribution in [0.25, 0.3) is 0 Å². The molecule has 0 aliphatic rings. The smallest absolute Gasteiger partial charge is 0.0101 e. The SMILES string of the molecule is CCCCCCCCNCCC(c1ccccc1)c1ccccc1.O. The number of hydrogen-bond acceptors (Lipinski definition) is 1. The second kappa shape index (κ2) is 13.6. The van der Waals surface area contributed by atoms with Crippen molar-refractivity contribution >= 4 is 0 Å². The number of hydrogen-bond donors (Lipinski definition) is 1. The predicted octanol–water partition coefficient (Wildman–Crippen LogP) is 5.33. The van der Waals surface area contributed by atoms with Gasteiger partial charge >= 0.3 is 0 Å². The summed E-state index contributed by atoms with van der Waals surface area (Å²) < 4.78 is 0. The Morgan fingerprint density at radius 2 is 1.20 bits per heavy atom. The molecule has 0 aliphatic heterocycles. The molecular weight excluding hydrogens is 306 g/mol. The topological polar surface area (TPSA) is 43.5 Å². The Morgan fingerprint density at radius 1 is 0.680 bits per heavy atom. The van der Waals surface area contributed by atoms with Gasteiger partial charge in [-0.1, -0.05) is 99.7 Å². The minimum atomic E-state index is 0. The van der Waals surface area contributed by atoms with Crippen LogP contribution in [0.3, 0.4) is 0 Å². The van der Waals surface area contributed by atoms with Gasteiger partial charge in [0.1, 0.15) is 0 Å². The third kappa shape index (κ3) is 8.33. The second-order valence-electron chi connectivity index (χ2n) is 6.68. The molecule has 0 saturated carbocycles. The van der Waals surface area contributed by atoms with Crippen LogP contribution in [0.4, 0.5) is 0 Å². The standard InChI is InChI=1S/C23H33N.H2O/c1-2-3-4-5-6-13-19-24-20-18-23(21-14-9-7-10-15-21)22-16-11-8-12-17-22;/h7-12,14-17,23-24H,2-6,13,18-20H2,1H3;1H2. The molecule has 3 N–H and O–H groups in total. The maximum atomic E-state index is 3.65. The van der Waals surface area contributed by atoms with Crippen LogP contribution in [0.5, 0.6) is 0 Å². The molecule has 0 saturated heterocycles. The van der Waals surface area contributed by atoms with E-state index in [9.17, 15) is 0 Å². The van der Waals surface area contributed by atoms with Crippen LogP contribution in [0.15, 0.2) is 60.7 Å². The van der Waals surface area contributed by atoms with Crippen LogP contribution >= 0.6 is 0 Å². The van der Waals surface area contributed by atoms with Gasteiger partial charge in [0.15, 0.2) is 0 Å². The molecule has 0 fully saturated rings. The van der Waals surface area contributed by atoms with Crippen molar-refractivity contribution in [1.29, 1.82) is 0 Å². The summed E-state index contributed by atoms with van der Waals surface area (Å²) in [6, 6.07) is 21.8. The van der Waals surface area contributed by atoms with Gasteiger partial charge in [-0.15, -0.1) is 0 Å². The van der Waals surface area contributed by atoms with E-state index in [1.54, 1.807) is 0 Å². The average Bonchev–Trinajstić information content (AvgIpc) is 2.65. The molecule has 2 heteroatoms. The lowest BCUT2D eigenvalue weighted by atomic mass is 9.88. The summed E-state index contributed by atoms with van der Waals surface area (Å²) in [6.45, 7) is 4.52. The van der Waals surface area contributed by atoms with Gasteiger partial charge in [0.2, 0.25) is 0 Å². The lowest BCUT2D eigenvalue weighted by Gasteiger charge is -2.18. The van der Waals surface area contributed by atoms with Gasteiger partial charge in [0.25, 0.3) is 0 Å². The number of unbranched alkanes of at least 4 members (excludes halogenated alkanes) is 5. The summed E-state index contributed by atoms with van der Waals surface area (Å²) >= 11 is 0. The highest BCUT2D eigenvalue weighted by Crippen LogP contribution is 2.27. The Morgan fingerprint density at radius 3 is 1.76 bits per heavy atom. The van der Waals surface area contributed by atoms with Crippen LogP contribution in [0, 0.1) is 0 Å². The number of benzene rings is 2. The molecule has 138 valence electrons. The molecule has 0 radical (unpaired) electrons. The van der Waals surface area contributed by atoms with Crippen LogP contribution < -0.4 is 5.32 Å². The summed E-state index contributed by atoms with van der Waals surface area (Å²) in [7, 11) is 0. The zero-order valence-corrected chi connectivity index (χ0v) is 15.7. The van der Waals surface area contributed by atoms with E-state index >= 15 is 0 Å². The Hall–Kier alpha value is -1.64. The lowest BCUT2D eigenvalue weighted by molar-refractivity contribution is 0.555. The van der Waals surface area contributed by atoms with E-state index in [1.807, 2.05) is 0 Å². The molecule has 25 heavy (non-hydrogen) atoms. The van der Waals surface area contributed by atoms with Gasteiger partial charge in [-0.05, 0) is 37.1 Å². The third-order valence-corrected chi connectivity index (χ3v) is 4.72. The molecule has 0 spiro atoms. The first-order valence-corrected chi connectivity index (χ1v) is 9.72. The highest BCUT2D eigenvalue weighted by atomic mass is 16.0. The van der Waals surface area contributed by atoms with E-state index in [1.165, 1.54) is 49.7 Å².